The Morgan fingerprint density at radius 1 is 1.56 bits per heavy atom. The predicted octanol–water partition coefficient (Wildman–Crippen LogP) is 2.73. The third kappa shape index (κ3) is 4.07. The summed E-state index contributed by atoms with van der Waals surface area (Å²) < 4.78 is 14.1. The van der Waals surface area contributed by atoms with Crippen LogP contribution in [0.5, 0.6) is 0 Å². The Hall–Kier alpha value is -0.940. The maximum absolute atomic E-state index is 13.4. The summed E-state index contributed by atoms with van der Waals surface area (Å²) in [7, 11) is 0. The molecule has 1 rings (SSSR count). The number of carbonyl (C=O) groups excluding carboxylic acids is 1. The Morgan fingerprint density at radius 2 is 2.22 bits per heavy atom. The zero-order valence-corrected chi connectivity index (χ0v) is 12.0. The normalized spacial score (nSPS) is 14.1. The molecule has 0 aromatic heterocycles. The van der Waals surface area contributed by atoms with Gasteiger partial charge in [0.25, 0.3) is 5.91 Å². The van der Waals surface area contributed by atoms with Gasteiger partial charge in [0.05, 0.1) is 11.7 Å². The second kappa shape index (κ2) is 6.85. The van der Waals surface area contributed by atoms with Gasteiger partial charge in [0.15, 0.2) is 0 Å². The molecule has 0 bridgehead atoms. The molecule has 0 radical (unpaired) electrons. The van der Waals surface area contributed by atoms with E-state index in [0.29, 0.717) is 4.47 Å². The van der Waals surface area contributed by atoms with Crippen LogP contribution >= 0.6 is 15.9 Å². The topological polar surface area (TPSA) is 49.3 Å². The second-order valence-corrected chi connectivity index (χ2v) is 5.20. The molecular weight excluding hydrogens is 301 g/mol. The standard InChI is InChI=1S/C13H17BrFNO2/c1-3-8(2)12(17)7-16-13(18)10-6-9(14)4-5-11(10)15/h4-6,8,12,17H,3,7H2,1-2H3,(H,16,18). The van der Waals surface area contributed by atoms with E-state index >= 15 is 0 Å². The zero-order valence-electron chi connectivity index (χ0n) is 10.4. The second-order valence-electron chi connectivity index (χ2n) is 4.29. The lowest BCUT2D eigenvalue weighted by atomic mass is 10.0. The van der Waals surface area contributed by atoms with Crippen LogP contribution in [-0.4, -0.2) is 23.7 Å². The molecular formula is C13H17BrFNO2. The van der Waals surface area contributed by atoms with Crippen molar-refractivity contribution in [3.05, 3.63) is 34.1 Å². The van der Waals surface area contributed by atoms with Crippen molar-refractivity contribution < 1.29 is 14.3 Å². The number of aliphatic hydroxyl groups excluding tert-OH is 1. The van der Waals surface area contributed by atoms with E-state index in [1.54, 1.807) is 0 Å². The number of hydrogen-bond donors (Lipinski definition) is 2. The fourth-order valence-corrected chi connectivity index (χ4v) is 1.80. The van der Waals surface area contributed by atoms with Gasteiger partial charge in [-0.1, -0.05) is 36.2 Å². The average molecular weight is 318 g/mol. The molecule has 0 saturated carbocycles. The van der Waals surface area contributed by atoms with Gasteiger partial charge in [-0.25, -0.2) is 4.39 Å². The molecule has 2 unspecified atom stereocenters. The highest BCUT2D eigenvalue weighted by atomic mass is 79.9. The summed E-state index contributed by atoms with van der Waals surface area (Å²) in [4.78, 5) is 11.8. The monoisotopic (exact) mass is 317 g/mol. The van der Waals surface area contributed by atoms with E-state index in [0.717, 1.165) is 6.42 Å². The Bertz CT molecular complexity index is 425. The number of rotatable bonds is 5. The lowest BCUT2D eigenvalue weighted by Crippen LogP contribution is -2.35. The minimum Gasteiger partial charge on any atom is -0.391 e. The van der Waals surface area contributed by atoms with Crippen molar-refractivity contribution in [3.63, 3.8) is 0 Å². The predicted molar refractivity (Wildman–Crippen MR) is 71.9 cm³/mol. The van der Waals surface area contributed by atoms with Crippen LogP contribution in [0.2, 0.25) is 0 Å². The molecule has 0 aliphatic rings. The summed E-state index contributed by atoms with van der Waals surface area (Å²) >= 11 is 3.18. The number of halogens is 2. The first-order valence-electron chi connectivity index (χ1n) is 5.87. The molecule has 0 saturated heterocycles. The minimum atomic E-state index is -0.617. The van der Waals surface area contributed by atoms with Gasteiger partial charge >= 0.3 is 0 Å². The number of aliphatic hydroxyl groups is 1. The van der Waals surface area contributed by atoms with Crippen LogP contribution in [0.25, 0.3) is 0 Å². The number of nitrogens with one attached hydrogen (secondary N) is 1. The van der Waals surface area contributed by atoms with Gasteiger partial charge in [0.2, 0.25) is 0 Å². The van der Waals surface area contributed by atoms with Crippen molar-refractivity contribution >= 4 is 21.8 Å². The van der Waals surface area contributed by atoms with E-state index in [9.17, 15) is 14.3 Å². The Balaban J connectivity index is 2.63. The van der Waals surface area contributed by atoms with E-state index in [-0.39, 0.29) is 18.0 Å². The maximum Gasteiger partial charge on any atom is 0.254 e. The molecule has 18 heavy (non-hydrogen) atoms. The highest BCUT2D eigenvalue weighted by Gasteiger charge is 2.16. The molecule has 0 aliphatic carbocycles. The van der Waals surface area contributed by atoms with Crippen LogP contribution < -0.4 is 5.32 Å². The first kappa shape index (κ1) is 15.1. The minimum absolute atomic E-state index is 0.0271. The van der Waals surface area contributed by atoms with E-state index in [2.05, 4.69) is 21.2 Å². The molecule has 0 heterocycles. The zero-order chi connectivity index (χ0) is 13.7. The third-order valence-corrected chi connectivity index (χ3v) is 3.44. The lowest BCUT2D eigenvalue weighted by Gasteiger charge is -2.17. The summed E-state index contributed by atoms with van der Waals surface area (Å²) in [5, 5.41) is 12.3. The molecule has 0 fully saturated rings. The fourth-order valence-electron chi connectivity index (χ4n) is 1.44. The van der Waals surface area contributed by atoms with E-state index in [4.69, 9.17) is 0 Å². The van der Waals surface area contributed by atoms with E-state index in [1.165, 1.54) is 18.2 Å². The van der Waals surface area contributed by atoms with Crippen molar-refractivity contribution in [2.45, 2.75) is 26.4 Å². The maximum atomic E-state index is 13.4. The molecule has 100 valence electrons. The van der Waals surface area contributed by atoms with Gasteiger partial charge in [-0.3, -0.25) is 4.79 Å². The molecule has 1 amide bonds. The van der Waals surface area contributed by atoms with Crippen LogP contribution in [0.1, 0.15) is 30.6 Å². The highest BCUT2D eigenvalue weighted by Crippen LogP contribution is 2.15. The Morgan fingerprint density at radius 3 is 2.83 bits per heavy atom. The molecule has 2 atom stereocenters. The van der Waals surface area contributed by atoms with Crippen LogP contribution in [0, 0.1) is 11.7 Å². The smallest absolute Gasteiger partial charge is 0.254 e. The van der Waals surface area contributed by atoms with Crippen molar-refractivity contribution in [1.82, 2.24) is 5.32 Å². The number of hydrogen-bond acceptors (Lipinski definition) is 2. The van der Waals surface area contributed by atoms with Crippen molar-refractivity contribution in [1.29, 1.82) is 0 Å². The quantitative estimate of drug-likeness (QED) is 0.877. The van der Waals surface area contributed by atoms with Crippen LogP contribution in [0.4, 0.5) is 4.39 Å². The van der Waals surface area contributed by atoms with Gasteiger partial charge in [-0.2, -0.15) is 0 Å². The molecule has 5 heteroatoms. The van der Waals surface area contributed by atoms with Gasteiger partial charge in [0.1, 0.15) is 5.82 Å². The first-order chi connectivity index (χ1) is 8.45. The summed E-state index contributed by atoms with van der Waals surface area (Å²) in [6, 6.07) is 4.17. The molecule has 2 N–H and O–H groups in total. The lowest BCUT2D eigenvalue weighted by molar-refractivity contribution is 0.0846. The first-order valence-corrected chi connectivity index (χ1v) is 6.66. The van der Waals surface area contributed by atoms with E-state index < -0.39 is 17.8 Å². The largest absolute Gasteiger partial charge is 0.391 e. The third-order valence-electron chi connectivity index (χ3n) is 2.95. The van der Waals surface area contributed by atoms with Gasteiger partial charge in [0, 0.05) is 11.0 Å². The molecule has 0 aliphatic heterocycles. The molecule has 1 aromatic rings. The van der Waals surface area contributed by atoms with Crippen LogP contribution in [0.15, 0.2) is 22.7 Å². The fraction of sp³-hybridized carbons (Fsp3) is 0.462. The molecule has 1 aromatic carbocycles. The number of carbonyl (C=O) groups is 1. The number of benzene rings is 1. The van der Waals surface area contributed by atoms with Gasteiger partial charge in [-0.15, -0.1) is 0 Å². The molecule has 0 spiro atoms. The van der Waals surface area contributed by atoms with Crippen molar-refractivity contribution in [2.75, 3.05) is 6.54 Å². The van der Waals surface area contributed by atoms with E-state index in [1.807, 2.05) is 13.8 Å². The number of amides is 1. The SMILES string of the molecule is CCC(C)C(O)CNC(=O)c1cc(Br)ccc1F. The Kier molecular flexibility index (Phi) is 5.75. The van der Waals surface area contributed by atoms with Gasteiger partial charge < -0.3 is 10.4 Å². The highest BCUT2D eigenvalue weighted by molar-refractivity contribution is 9.10. The average Bonchev–Trinajstić information content (AvgIpc) is 2.37. The van der Waals surface area contributed by atoms with Crippen molar-refractivity contribution in [3.8, 4) is 0 Å². The summed E-state index contributed by atoms with van der Waals surface area (Å²) in [6.07, 6.45) is 0.205. The molecule has 3 nitrogen and oxygen atoms in total. The van der Waals surface area contributed by atoms with Crippen LogP contribution in [-0.2, 0) is 0 Å². The van der Waals surface area contributed by atoms with Gasteiger partial charge in [-0.05, 0) is 24.1 Å². The Labute approximate surface area is 115 Å². The summed E-state index contributed by atoms with van der Waals surface area (Å²) in [6.45, 7) is 3.99. The van der Waals surface area contributed by atoms with Crippen molar-refractivity contribution in [2.24, 2.45) is 5.92 Å². The summed E-state index contributed by atoms with van der Waals surface area (Å²) in [5.41, 5.74) is -0.0271. The van der Waals surface area contributed by atoms with Crippen LogP contribution in [0.3, 0.4) is 0 Å². The summed E-state index contributed by atoms with van der Waals surface area (Å²) in [5.74, 6) is -0.998.